The number of halogens is 1. The Balaban J connectivity index is 2.69. The van der Waals surface area contributed by atoms with E-state index in [1.54, 1.807) is 24.3 Å². The molecule has 2 unspecified atom stereocenters. The first-order valence-corrected chi connectivity index (χ1v) is 7.74. The molecule has 0 fully saturated rings. The van der Waals surface area contributed by atoms with E-state index in [0.29, 0.717) is 17.1 Å². The highest BCUT2D eigenvalue weighted by Crippen LogP contribution is 2.10. The quantitative estimate of drug-likeness (QED) is 0.716. The van der Waals surface area contributed by atoms with Crippen LogP contribution < -0.4 is 16.0 Å². The lowest BCUT2D eigenvalue weighted by atomic mass is 10.0. The van der Waals surface area contributed by atoms with Gasteiger partial charge in [0.05, 0.1) is 0 Å². The summed E-state index contributed by atoms with van der Waals surface area (Å²) in [5.41, 5.74) is 0.478. The molecule has 6 heteroatoms. The summed E-state index contributed by atoms with van der Waals surface area (Å²) >= 11 is 5.81. The maximum atomic E-state index is 12.3. The second kappa shape index (κ2) is 8.76. The van der Waals surface area contributed by atoms with Crippen molar-refractivity contribution in [2.75, 3.05) is 13.6 Å². The average molecular weight is 326 g/mol. The molecule has 0 saturated heterocycles. The number of amides is 2. The Morgan fingerprint density at radius 1 is 1.14 bits per heavy atom. The van der Waals surface area contributed by atoms with Gasteiger partial charge in [0, 0.05) is 23.2 Å². The summed E-state index contributed by atoms with van der Waals surface area (Å²) in [6, 6.07) is 6.16. The molecular formula is C16H24ClN3O2. The number of nitrogens with one attached hydrogen (secondary N) is 3. The molecule has 2 atom stereocenters. The lowest BCUT2D eigenvalue weighted by molar-refractivity contribution is -0.124. The number of rotatable bonds is 7. The minimum Gasteiger partial charge on any atom is -0.353 e. The van der Waals surface area contributed by atoms with Gasteiger partial charge in [0.1, 0.15) is 6.04 Å². The summed E-state index contributed by atoms with van der Waals surface area (Å²) in [4.78, 5) is 24.5. The van der Waals surface area contributed by atoms with Crippen LogP contribution >= 0.6 is 11.6 Å². The molecule has 0 aromatic heterocycles. The number of carbonyl (C=O) groups excluding carboxylic acids is 2. The van der Waals surface area contributed by atoms with Crippen LogP contribution in [0.1, 0.15) is 31.1 Å². The van der Waals surface area contributed by atoms with Crippen LogP contribution in [0.3, 0.4) is 0 Å². The molecule has 0 aliphatic heterocycles. The van der Waals surface area contributed by atoms with Crippen LogP contribution in [0.15, 0.2) is 24.3 Å². The zero-order valence-corrected chi connectivity index (χ0v) is 14.2. The fourth-order valence-corrected chi connectivity index (χ4v) is 1.95. The molecule has 122 valence electrons. The molecule has 0 aliphatic carbocycles. The lowest BCUT2D eigenvalue weighted by Crippen LogP contribution is -2.51. The predicted octanol–water partition coefficient (Wildman–Crippen LogP) is 1.82. The third-order valence-corrected chi connectivity index (χ3v) is 3.67. The van der Waals surface area contributed by atoms with Crippen LogP contribution in [-0.4, -0.2) is 37.5 Å². The van der Waals surface area contributed by atoms with E-state index in [1.165, 1.54) is 0 Å². The van der Waals surface area contributed by atoms with Crippen molar-refractivity contribution in [3.63, 3.8) is 0 Å². The predicted molar refractivity (Wildman–Crippen MR) is 89.1 cm³/mol. The molecule has 0 spiro atoms. The van der Waals surface area contributed by atoms with Crippen molar-refractivity contribution >= 4 is 23.4 Å². The number of hydrogen-bond donors (Lipinski definition) is 3. The molecule has 1 rings (SSSR count). The van der Waals surface area contributed by atoms with Crippen LogP contribution in [-0.2, 0) is 4.79 Å². The Kier molecular flexibility index (Phi) is 7.35. The Morgan fingerprint density at radius 3 is 2.23 bits per heavy atom. The Bertz CT molecular complexity index is 503. The van der Waals surface area contributed by atoms with Gasteiger partial charge in [-0.3, -0.25) is 9.59 Å². The van der Waals surface area contributed by atoms with E-state index in [2.05, 4.69) is 16.0 Å². The van der Waals surface area contributed by atoms with E-state index < -0.39 is 6.04 Å². The normalized spacial score (nSPS) is 13.5. The molecule has 0 bridgehead atoms. The van der Waals surface area contributed by atoms with Crippen LogP contribution in [0.2, 0.25) is 5.02 Å². The van der Waals surface area contributed by atoms with E-state index in [-0.39, 0.29) is 23.8 Å². The van der Waals surface area contributed by atoms with Crippen LogP contribution in [0.25, 0.3) is 0 Å². The van der Waals surface area contributed by atoms with Crippen molar-refractivity contribution in [1.82, 2.24) is 16.0 Å². The van der Waals surface area contributed by atoms with Gasteiger partial charge in [-0.25, -0.2) is 0 Å². The van der Waals surface area contributed by atoms with E-state index in [4.69, 9.17) is 11.6 Å². The molecule has 1 aromatic rings. The van der Waals surface area contributed by atoms with Gasteiger partial charge in [-0.1, -0.05) is 25.4 Å². The number of hydrogen-bond acceptors (Lipinski definition) is 3. The summed E-state index contributed by atoms with van der Waals surface area (Å²) in [5, 5.41) is 9.23. The second-order valence-corrected chi connectivity index (χ2v) is 6.07. The summed E-state index contributed by atoms with van der Waals surface area (Å²) in [7, 11) is 1.83. The fraction of sp³-hybridized carbons (Fsp3) is 0.500. The first kappa shape index (κ1) is 18.5. The summed E-state index contributed by atoms with van der Waals surface area (Å²) in [5.74, 6) is -0.479. The number of benzene rings is 1. The van der Waals surface area contributed by atoms with E-state index in [1.807, 2.05) is 27.8 Å². The largest absolute Gasteiger partial charge is 0.353 e. The molecule has 1 aromatic carbocycles. The highest BCUT2D eigenvalue weighted by Gasteiger charge is 2.24. The van der Waals surface area contributed by atoms with Crippen LogP contribution in [0, 0.1) is 5.92 Å². The molecule has 0 radical (unpaired) electrons. The number of likely N-dealkylation sites (N-methyl/N-ethyl adjacent to an activating group) is 1. The third-order valence-electron chi connectivity index (χ3n) is 3.42. The summed E-state index contributed by atoms with van der Waals surface area (Å²) in [6.45, 7) is 6.27. The molecule has 0 heterocycles. The van der Waals surface area contributed by atoms with Gasteiger partial charge in [0.15, 0.2) is 0 Å². The maximum Gasteiger partial charge on any atom is 0.251 e. The standard InChI is InChI=1S/C16H24ClN3O2/c1-10(2)14(16(22)19-9-11(3)18-4)20-15(21)12-5-7-13(17)8-6-12/h5-8,10-11,14,18H,9H2,1-4H3,(H,19,22)(H,20,21). The van der Waals surface area contributed by atoms with Crippen molar-refractivity contribution in [3.05, 3.63) is 34.9 Å². The van der Waals surface area contributed by atoms with Crippen molar-refractivity contribution in [1.29, 1.82) is 0 Å². The van der Waals surface area contributed by atoms with E-state index >= 15 is 0 Å². The first-order chi connectivity index (χ1) is 10.3. The van der Waals surface area contributed by atoms with Gasteiger partial charge < -0.3 is 16.0 Å². The molecule has 5 nitrogen and oxygen atoms in total. The molecule has 22 heavy (non-hydrogen) atoms. The summed E-state index contributed by atoms with van der Waals surface area (Å²) in [6.07, 6.45) is 0. The maximum absolute atomic E-state index is 12.3. The first-order valence-electron chi connectivity index (χ1n) is 7.36. The third kappa shape index (κ3) is 5.66. The highest BCUT2D eigenvalue weighted by atomic mass is 35.5. The monoisotopic (exact) mass is 325 g/mol. The Labute approximate surface area is 136 Å². The van der Waals surface area contributed by atoms with Crippen molar-refractivity contribution < 1.29 is 9.59 Å². The van der Waals surface area contributed by atoms with Crippen molar-refractivity contribution in [3.8, 4) is 0 Å². The zero-order chi connectivity index (χ0) is 16.7. The zero-order valence-electron chi connectivity index (χ0n) is 13.4. The molecule has 0 saturated carbocycles. The van der Waals surface area contributed by atoms with Gasteiger partial charge in [-0.05, 0) is 44.2 Å². The summed E-state index contributed by atoms with van der Waals surface area (Å²) < 4.78 is 0. The molecule has 3 N–H and O–H groups in total. The number of carbonyl (C=O) groups is 2. The molecular weight excluding hydrogens is 302 g/mol. The highest BCUT2D eigenvalue weighted by molar-refractivity contribution is 6.30. The van der Waals surface area contributed by atoms with Gasteiger partial charge in [-0.15, -0.1) is 0 Å². The van der Waals surface area contributed by atoms with Gasteiger partial charge in [0.25, 0.3) is 5.91 Å². The van der Waals surface area contributed by atoms with Crippen LogP contribution in [0.4, 0.5) is 0 Å². The SMILES string of the molecule is CNC(C)CNC(=O)C(NC(=O)c1ccc(Cl)cc1)C(C)C. The van der Waals surface area contributed by atoms with Crippen molar-refractivity contribution in [2.24, 2.45) is 5.92 Å². The van der Waals surface area contributed by atoms with E-state index in [0.717, 1.165) is 0 Å². The molecule has 2 amide bonds. The Hall–Kier alpha value is -1.59. The molecule has 0 aliphatic rings. The van der Waals surface area contributed by atoms with Gasteiger partial charge >= 0.3 is 0 Å². The van der Waals surface area contributed by atoms with Gasteiger partial charge in [-0.2, -0.15) is 0 Å². The average Bonchev–Trinajstić information content (AvgIpc) is 2.49. The van der Waals surface area contributed by atoms with Crippen molar-refractivity contribution in [2.45, 2.75) is 32.9 Å². The van der Waals surface area contributed by atoms with E-state index in [9.17, 15) is 9.59 Å². The smallest absolute Gasteiger partial charge is 0.251 e. The lowest BCUT2D eigenvalue weighted by Gasteiger charge is -2.22. The minimum absolute atomic E-state index is 0.0128. The second-order valence-electron chi connectivity index (χ2n) is 5.64. The Morgan fingerprint density at radius 2 is 1.73 bits per heavy atom. The van der Waals surface area contributed by atoms with Gasteiger partial charge in [0.2, 0.25) is 5.91 Å². The topological polar surface area (TPSA) is 70.2 Å². The van der Waals surface area contributed by atoms with Crippen LogP contribution in [0.5, 0.6) is 0 Å². The fourth-order valence-electron chi connectivity index (χ4n) is 1.83. The minimum atomic E-state index is -0.577.